The van der Waals surface area contributed by atoms with Gasteiger partial charge >= 0.3 is 6.03 Å². The number of ether oxygens (including phenoxy) is 1. The van der Waals surface area contributed by atoms with Crippen LogP contribution in [0.4, 0.5) is 10.6 Å². The van der Waals surface area contributed by atoms with Crippen molar-refractivity contribution in [1.82, 2.24) is 24.8 Å². The highest BCUT2D eigenvalue weighted by Gasteiger charge is 2.24. The average molecular weight is 458 g/mol. The van der Waals surface area contributed by atoms with E-state index in [1.807, 2.05) is 22.9 Å². The molecule has 1 fully saturated rings. The molecule has 3 heterocycles. The zero-order valence-electron chi connectivity index (χ0n) is 18.9. The molecule has 0 spiro atoms. The predicted molar refractivity (Wildman–Crippen MR) is 124 cm³/mol. The first-order valence-electron chi connectivity index (χ1n) is 10.9. The van der Waals surface area contributed by atoms with Crippen molar-refractivity contribution in [2.45, 2.75) is 57.7 Å². The third kappa shape index (κ3) is 6.76. The van der Waals surface area contributed by atoms with Crippen molar-refractivity contribution in [3.05, 3.63) is 18.5 Å². The maximum absolute atomic E-state index is 12.4. The minimum Gasteiger partial charge on any atom is -0.361 e. The van der Waals surface area contributed by atoms with E-state index < -0.39 is 14.1 Å². The van der Waals surface area contributed by atoms with Crippen LogP contribution in [0.15, 0.2) is 18.5 Å². The smallest absolute Gasteiger partial charge is 0.320 e. The topological polar surface area (TPSA) is 125 Å². The Morgan fingerprint density at radius 2 is 2.19 bits per heavy atom. The highest BCUT2D eigenvalue weighted by Crippen LogP contribution is 2.15. The van der Waals surface area contributed by atoms with E-state index in [1.54, 1.807) is 4.90 Å². The highest BCUT2D eigenvalue weighted by molar-refractivity contribution is 6.76. The minimum atomic E-state index is -1.13. The summed E-state index contributed by atoms with van der Waals surface area (Å²) in [7, 11) is -1.13. The SMILES string of the molecule is C[Si](C)(C)CCOCn1ccc2nc(NC(=O)NC3CCCN(C(=O)CC#N)C3)cnc21. The highest BCUT2D eigenvalue weighted by atomic mass is 28.3. The molecule has 172 valence electrons. The second-order valence-electron chi connectivity index (χ2n) is 9.21. The van der Waals surface area contributed by atoms with Crippen LogP contribution in [0.1, 0.15) is 19.3 Å². The number of nitriles is 1. The first kappa shape index (κ1) is 23.7. The molecule has 11 heteroatoms. The van der Waals surface area contributed by atoms with Gasteiger partial charge in [-0.1, -0.05) is 19.6 Å². The van der Waals surface area contributed by atoms with Crippen LogP contribution in [0.3, 0.4) is 0 Å². The van der Waals surface area contributed by atoms with Crippen LogP contribution in [0.5, 0.6) is 0 Å². The molecule has 0 bridgehead atoms. The largest absolute Gasteiger partial charge is 0.361 e. The van der Waals surface area contributed by atoms with E-state index in [0.717, 1.165) is 25.5 Å². The van der Waals surface area contributed by atoms with E-state index in [0.29, 0.717) is 36.8 Å². The first-order chi connectivity index (χ1) is 15.2. The molecule has 0 radical (unpaired) electrons. The lowest BCUT2D eigenvalue weighted by atomic mass is 10.1. The summed E-state index contributed by atoms with van der Waals surface area (Å²) in [5, 5.41) is 14.3. The Bertz CT molecular complexity index is 995. The average Bonchev–Trinajstić information content (AvgIpc) is 3.13. The maximum atomic E-state index is 12.4. The molecule has 0 aromatic carbocycles. The summed E-state index contributed by atoms with van der Waals surface area (Å²) in [6.45, 7) is 9.10. The molecule has 2 N–H and O–H groups in total. The fourth-order valence-corrected chi connectivity index (χ4v) is 4.26. The molecule has 3 rings (SSSR count). The number of nitrogens with zero attached hydrogens (tertiary/aromatic N) is 5. The van der Waals surface area contributed by atoms with Gasteiger partial charge in [-0.15, -0.1) is 0 Å². The normalized spacial score (nSPS) is 16.6. The third-order valence-electron chi connectivity index (χ3n) is 5.27. The van der Waals surface area contributed by atoms with Gasteiger partial charge in [-0.25, -0.2) is 14.8 Å². The number of hydrogen-bond acceptors (Lipinski definition) is 6. The van der Waals surface area contributed by atoms with Crippen molar-refractivity contribution in [1.29, 1.82) is 5.26 Å². The molecule has 3 amide bonds. The first-order valence-corrected chi connectivity index (χ1v) is 14.6. The van der Waals surface area contributed by atoms with Crippen LogP contribution in [0.2, 0.25) is 25.7 Å². The number of hydrogen-bond donors (Lipinski definition) is 2. The molecule has 0 aliphatic carbocycles. The zero-order valence-corrected chi connectivity index (χ0v) is 19.9. The number of fused-ring (bicyclic) bond motifs is 1. The number of aromatic nitrogens is 3. The van der Waals surface area contributed by atoms with Gasteiger partial charge in [-0.2, -0.15) is 5.26 Å². The summed E-state index contributed by atoms with van der Waals surface area (Å²) in [5.74, 6) is 0.144. The van der Waals surface area contributed by atoms with Crippen molar-refractivity contribution >= 4 is 37.0 Å². The molecular formula is C21H31N7O3Si. The summed E-state index contributed by atoms with van der Waals surface area (Å²) < 4.78 is 7.68. The number of amides is 3. The number of likely N-dealkylation sites (tertiary alicyclic amines) is 1. The van der Waals surface area contributed by atoms with Crippen LogP contribution in [0, 0.1) is 11.3 Å². The number of nitrogens with one attached hydrogen (secondary N) is 2. The minimum absolute atomic E-state index is 0.141. The molecule has 1 saturated heterocycles. The Morgan fingerprint density at radius 1 is 1.38 bits per heavy atom. The van der Waals surface area contributed by atoms with E-state index in [4.69, 9.17) is 10.00 Å². The summed E-state index contributed by atoms with van der Waals surface area (Å²) in [6.07, 6.45) is 4.80. The summed E-state index contributed by atoms with van der Waals surface area (Å²) in [6, 6.07) is 4.25. The van der Waals surface area contributed by atoms with Gasteiger partial charge in [0.1, 0.15) is 18.7 Å². The molecule has 1 unspecified atom stereocenters. The van der Waals surface area contributed by atoms with Crippen molar-refractivity contribution in [3.63, 3.8) is 0 Å². The van der Waals surface area contributed by atoms with E-state index >= 15 is 0 Å². The number of carbonyl (C=O) groups is 2. The van der Waals surface area contributed by atoms with Gasteiger partial charge in [-0.3, -0.25) is 10.1 Å². The predicted octanol–water partition coefficient (Wildman–Crippen LogP) is 2.77. The molecule has 1 aliphatic rings. The molecule has 1 atom stereocenters. The number of anilines is 1. The number of piperidine rings is 1. The monoisotopic (exact) mass is 457 g/mol. The van der Waals surface area contributed by atoms with E-state index in [1.165, 1.54) is 6.20 Å². The fraction of sp³-hybridized carbons (Fsp3) is 0.571. The fourth-order valence-electron chi connectivity index (χ4n) is 3.51. The van der Waals surface area contributed by atoms with Gasteiger partial charge in [0.25, 0.3) is 0 Å². The summed E-state index contributed by atoms with van der Waals surface area (Å²) >= 11 is 0. The third-order valence-corrected chi connectivity index (χ3v) is 6.98. The van der Waals surface area contributed by atoms with Crippen molar-refractivity contribution in [2.75, 3.05) is 25.0 Å². The van der Waals surface area contributed by atoms with E-state index in [9.17, 15) is 9.59 Å². The van der Waals surface area contributed by atoms with E-state index in [-0.39, 0.29) is 18.4 Å². The van der Waals surface area contributed by atoms with Gasteiger partial charge in [0.2, 0.25) is 5.91 Å². The summed E-state index contributed by atoms with van der Waals surface area (Å²) in [4.78, 5) is 34.8. The summed E-state index contributed by atoms with van der Waals surface area (Å²) in [5.41, 5.74) is 1.37. The standard InChI is InChI=1S/C21H31N7O3Si/c1-32(2,3)12-11-31-15-28-10-7-17-20(28)23-13-18(25-17)26-21(30)24-16-5-4-9-27(14-16)19(29)6-8-22/h7,10,13,16H,4-6,9,11-12,14-15H2,1-3H3,(H2,24,25,26,30). The Morgan fingerprint density at radius 3 is 2.94 bits per heavy atom. The molecule has 2 aromatic rings. The molecule has 0 saturated carbocycles. The molecular weight excluding hydrogens is 426 g/mol. The van der Waals surface area contributed by atoms with Crippen molar-refractivity contribution in [3.8, 4) is 6.07 Å². The number of rotatable bonds is 8. The van der Waals surface area contributed by atoms with Crippen LogP contribution in [0.25, 0.3) is 11.2 Å². The van der Waals surface area contributed by atoms with Gasteiger partial charge in [0.15, 0.2) is 11.5 Å². The van der Waals surface area contributed by atoms with Crippen LogP contribution >= 0.6 is 0 Å². The lowest BCUT2D eigenvalue weighted by molar-refractivity contribution is -0.131. The Balaban J connectivity index is 1.52. The van der Waals surface area contributed by atoms with E-state index in [2.05, 4.69) is 40.2 Å². The maximum Gasteiger partial charge on any atom is 0.320 e. The Hall–Kier alpha value is -2.97. The van der Waals surface area contributed by atoms with Crippen LogP contribution in [-0.4, -0.2) is 65.2 Å². The lowest BCUT2D eigenvalue weighted by Gasteiger charge is -2.32. The van der Waals surface area contributed by atoms with Gasteiger partial charge in [0, 0.05) is 40.0 Å². The molecule has 1 aliphatic heterocycles. The van der Waals surface area contributed by atoms with Gasteiger partial charge in [0.05, 0.1) is 12.3 Å². The van der Waals surface area contributed by atoms with Crippen LogP contribution < -0.4 is 10.6 Å². The second kappa shape index (κ2) is 10.6. The van der Waals surface area contributed by atoms with Crippen LogP contribution in [-0.2, 0) is 16.3 Å². The van der Waals surface area contributed by atoms with Gasteiger partial charge in [-0.05, 0) is 25.0 Å². The number of carbonyl (C=O) groups excluding carboxylic acids is 2. The Kier molecular flexibility index (Phi) is 7.82. The molecule has 10 nitrogen and oxygen atoms in total. The van der Waals surface area contributed by atoms with Crippen molar-refractivity contribution in [2.24, 2.45) is 0 Å². The molecule has 32 heavy (non-hydrogen) atoms. The molecule has 2 aromatic heterocycles. The number of urea groups is 1. The second-order valence-corrected chi connectivity index (χ2v) is 14.8. The van der Waals surface area contributed by atoms with Crippen molar-refractivity contribution < 1.29 is 14.3 Å². The Labute approximate surface area is 189 Å². The van der Waals surface area contributed by atoms with Gasteiger partial charge < -0.3 is 19.5 Å². The zero-order chi connectivity index (χ0) is 23.1. The quantitative estimate of drug-likeness (QED) is 0.464. The lowest BCUT2D eigenvalue weighted by Crippen LogP contribution is -2.50.